The third-order valence-electron chi connectivity index (χ3n) is 6.24. The zero-order valence-electron chi connectivity index (χ0n) is 12.5. The molecule has 7 heteroatoms. The molecule has 1 aliphatic heterocycles. The molecular formula is C17H13BrN2O4. The van der Waals surface area contributed by atoms with Crippen molar-refractivity contribution in [1.82, 2.24) is 0 Å². The lowest BCUT2D eigenvalue weighted by molar-refractivity contribution is -0.384. The molecular weight excluding hydrogens is 376 g/mol. The molecule has 1 heterocycles. The number of non-ortho nitro benzene ring substituents is 1. The summed E-state index contributed by atoms with van der Waals surface area (Å²) in [6, 6.07) is 4.13. The Hall–Kier alpha value is -2.02. The summed E-state index contributed by atoms with van der Waals surface area (Å²) < 4.78 is 0.389. The summed E-state index contributed by atoms with van der Waals surface area (Å²) in [5.41, 5.74) is 0.484. The summed E-state index contributed by atoms with van der Waals surface area (Å²) in [6.07, 6.45) is 6.45. The second kappa shape index (κ2) is 4.33. The van der Waals surface area contributed by atoms with E-state index in [0.717, 1.165) is 12.8 Å². The van der Waals surface area contributed by atoms with Crippen LogP contribution in [0.25, 0.3) is 0 Å². The molecule has 0 N–H and O–H groups in total. The van der Waals surface area contributed by atoms with E-state index in [4.69, 9.17) is 0 Å². The summed E-state index contributed by atoms with van der Waals surface area (Å²) >= 11 is 3.27. The van der Waals surface area contributed by atoms with Crippen molar-refractivity contribution in [3.05, 3.63) is 44.9 Å². The minimum atomic E-state index is -0.502. The SMILES string of the molecule is O=C1[C@@H]2[C@H](C(=O)N1c1ccc([N+](=O)[O-])cc1Br)[C@@H]1C=C[C@@H]2C12CC2. The number of halogens is 1. The summed E-state index contributed by atoms with van der Waals surface area (Å²) in [7, 11) is 0. The molecule has 3 fully saturated rings. The number of hydrogen-bond acceptors (Lipinski definition) is 4. The maximum absolute atomic E-state index is 13.0. The molecule has 2 amide bonds. The Bertz CT molecular complexity index is 826. The molecule has 1 saturated heterocycles. The average molecular weight is 389 g/mol. The smallest absolute Gasteiger partial charge is 0.270 e. The predicted molar refractivity (Wildman–Crippen MR) is 88.1 cm³/mol. The van der Waals surface area contributed by atoms with Gasteiger partial charge in [-0.15, -0.1) is 0 Å². The van der Waals surface area contributed by atoms with Crippen LogP contribution in [-0.4, -0.2) is 16.7 Å². The number of carbonyl (C=O) groups is 2. The maximum Gasteiger partial charge on any atom is 0.270 e. The van der Waals surface area contributed by atoms with Crippen molar-refractivity contribution in [3.8, 4) is 0 Å². The number of benzene rings is 1. The van der Waals surface area contributed by atoms with E-state index in [9.17, 15) is 19.7 Å². The Labute approximate surface area is 145 Å². The van der Waals surface area contributed by atoms with Gasteiger partial charge in [0.2, 0.25) is 11.8 Å². The Kier molecular flexibility index (Phi) is 2.59. The summed E-state index contributed by atoms with van der Waals surface area (Å²) in [6.45, 7) is 0. The quantitative estimate of drug-likeness (QED) is 0.337. The van der Waals surface area contributed by atoms with E-state index < -0.39 is 4.92 Å². The van der Waals surface area contributed by atoms with Gasteiger partial charge >= 0.3 is 0 Å². The molecule has 2 saturated carbocycles. The standard InChI is InChI=1S/C17H13BrN2O4/c18-11-7-8(20(23)24)1-4-12(11)19-15(21)13-9-2-3-10(14(13)16(19)22)17(9)5-6-17/h1-4,7,9-10,13-14H,5-6H2/t9-,10-,13-,14+/m0/s1. The van der Waals surface area contributed by atoms with E-state index in [1.54, 1.807) is 0 Å². The lowest BCUT2D eigenvalue weighted by Crippen LogP contribution is -2.35. The van der Waals surface area contributed by atoms with Gasteiger partial charge in [-0.2, -0.15) is 0 Å². The van der Waals surface area contributed by atoms with Crippen LogP contribution in [0, 0.1) is 39.2 Å². The van der Waals surface area contributed by atoms with Crippen LogP contribution in [0.5, 0.6) is 0 Å². The van der Waals surface area contributed by atoms with E-state index >= 15 is 0 Å². The summed E-state index contributed by atoms with van der Waals surface area (Å²) in [5.74, 6) is -0.518. The van der Waals surface area contributed by atoms with E-state index in [0.29, 0.717) is 10.2 Å². The van der Waals surface area contributed by atoms with Crippen LogP contribution in [0.1, 0.15) is 12.8 Å². The lowest BCUT2D eigenvalue weighted by atomic mass is 9.85. The number of nitrogens with zero attached hydrogens (tertiary/aromatic N) is 2. The molecule has 0 unspecified atom stereocenters. The van der Waals surface area contributed by atoms with Gasteiger partial charge in [0.15, 0.2) is 0 Å². The third-order valence-corrected chi connectivity index (χ3v) is 6.87. The summed E-state index contributed by atoms with van der Waals surface area (Å²) in [4.78, 5) is 37.6. The molecule has 0 radical (unpaired) electrons. The molecule has 0 aromatic heterocycles. The van der Waals surface area contributed by atoms with E-state index in [2.05, 4.69) is 28.1 Å². The monoisotopic (exact) mass is 388 g/mol. The number of hydrogen-bond donors (Lipinski definition) is 0. The van der Waals surface area contributed by atoms with Crippen LogP contribution in [0.2, 0.25) is 0 Å². The highest BCUT2D eigenvalue weighted by Gasteiger charge is 2.73. The van der Waals surface area contributed by atoms with Crippen molar-refractivity contribution in [2.45, 2.75) is 12.8 Å². The average Bonchev–Trinajstić information content (AvgIpc) is 3.14. The number of anilines is 1. The Morgan fingerprint density at radius 2 is 1.71 bits per heavy atom. The zero-order chi connectivity index (χ0) is 16.8. The number of rotatable bonds is 2. The van der Waals surface area contributed by atoms with Crippen LogP contribution in [0.4, 0.5) is 11.4 Å². The lowest BCUT2D eigenvalue weighted by Gasteiger charge is -2.22. The largest absolute Gasteiger partial charge is 0.274 e. The number of amides is 2. The zero-order valence-corrected chi connectivity index (χ0v) is 14.1. The first-order valence-electron chi connectivity index (χ1n) is 7.96. The van der Waals surface area contributed by atoms with Gasteiger partial charge in [0, 0.05) is 16.6 Å². The van der Waals surface area contributed by atoms with Gasteiger partial charge in [-0.25, -0.2) is 4.90 Å². The number of allylic oxidation sites excluding steroid dienone is 2. The van der Waals surface area contributed by atoms with Crippen molar-refractivity contribution >= 4 is 39.1 Å². The summed E-state index contributed by atoms with van der Waals surface area (Å²) in [5, 5.41) is 10.9. The fourth-order valence-electron chi connectivity index (χ4n) is 5.11. The highest BCUT2D eigenvalue weighted by molar-refractivity contribution is 9.10. The minimum absolute atomic E-state index is 0.0800. The number of nitro benzene ring substituents is 1. The van der Waals surface area contributed by atoms with Gasteiger partial charge in [-0.05, 0) is 52.1 Å². The molecule has 2 bridgehead atoms. The van der Waals surface area contributed by atoms with E-state index in [-0.39, 0.29) is 46.6 Å². The van der Waals surface area contributed by atoms with Gasteiger partial charge in [-0.3, -0.25) is 19.7 Å². The Balaban J connectivity index is 1.55. The third kappa shape index (κ3) is 1.51. The van der Waals surface area contributed by atoms with Gasteiger partial charge in [0.05, 0.1) is 22.4 Å². The number of nitro groups is 1. The highest BCUT2D eigenvalue weighted by atomic mass is 79.9. The Morgan fingerprint density at radius 1 is 1.12 bits per heavy atom. The minimum Gasteiger partial charge on any atom is -0.274 e. The number of imide groups is 1. The fourth-order valence-corrected chi connectivity index (χ4v) is 5.65. The van der Waals surface area contributed by atoms with Crippen LogP contribution < -0.4 is 4.90 Å². The van der Waals surface area contributed by atoms with Crippen molar-refractivity contribution in [2.24, 2.45) is 29.1 Å². The van der Waals surface area contributed by atoms with Gasteiger partial charge in [0.1, 0.15) is 0 Å². The van der Waals surface area contributed by atoms with Crippen molar-refractivity contribution in [2.75, 3.05) is 4.90 Å². The second-order valence-electron chi connectivity index (χ2n) is 7.13. The maximum atomic E-state index is 13.0. The number of carbonyl (C=O) groups excluding carboxylic acids is 2. The molecule has 6 nitrogen and oxygen atoms in total. The molecule has 1 spiro atoms. The molecule has 1 aromatic rings. The first-order valence-corrected chi connectivity index (χ1v) is 8.75. The second-order valence-corrected chi connectivity index (χ2v) is 7.98. The van der Waals surface area contributed by atoms with E-state index in [1.807, 2.05) is 0 Å². The van der Waals surface area contributed by atoms with Gasteiger partial charge in [-0.1, -0.05) is 12.2 Å². The van der Waals surface area contributed by atoms with Crippen molar-refractivity contribution in [1.29, 1.82) is 0 Å². The van der Waals surface area contributed by atoms with Crippen LogP contribution >= 0.6 is 15.9 Å². The molecule has 4 aliphatic rings. The highest BCUT2D eigenvalue weighted by Crippen LogP contribution is 2.73. The Morgan fingerprint density at radius 3 is 2.17 bits per heavy atom. The molecule has 4 atom stereocenters. The topological polar surface area (TPSA) is 80.5 Å². The molecule has 5 rings (SSSR count). The van der Waals surface area contributed by atoms with Crippen LogP contribution in [0.3, 0.4) is 0 Å². The number of fused-ring (bicyclic) bond motifs is 3. The van der Waals surface area contributed by atoms with Crippen molar-refractivity contribution in [3.63, 3.8) is 0 Å². The first-order chi connectivity index (χ1) is 11.5. The fraction of sp³-hybridized carbons (Fsp3) is 0.412. The van der Waals surface area contributed by atoms with Gasteiger partial charge < -0.3 is 0 Å². The molecule has 122 valence electrons. The normalized spacial score (nSPS) is 34.3. The molecule has 24 heavy (non-hydrogen) atoms. The van der Waals surface area contributed by atoms with Crippen LogP contribution in [-0.2, 0) is 9.59 Å². The van der Waals surface area contributed by atoms with E-state index in [1.165, 1.54) is 23.1 Å². The van der Waals surface area contributed by atoms with Crippen LogP contribution in [0.15, 0.2) is 34.8 Å². The van der Waals surface area contributed by atoms with Gasteiger partial charge in [0.25, 0.3) is 5.69 Å². The molecule has 1 aromatic carbocycles. The van der Waals surface area contributed by atoms with Crippen molar-refractivity contribution < 1.29 is 14.5 Å². The predicted octanol–water partition coefficient (Wildman–Crippen LogP) is 3.06. The molecule has 3 aliphatic carbocycles. The first kappa shape index (κ1) is 14.3.